The molecule has 0 fully saturated rings. The first-order valence-corrected chi connectivity index (χ1v) is 7.46. The molecule has 0 aliphatic rings. The molecule has 2 aromatic heterocycles. The van der Waals surface area contributed by atoms with Crippen LogP contribution < -0.4 is 5.11 Å². The maximum absolute atomic E-state index is 12.6. The zero-order valence-electron chi connectivity index (χ0n) is 11.3. The molecule has 8 heteroatoms. The van der Waals surface area contributed by atoms with Crippen LogP contribution in [0.15, 0.2) is 18.2 Å². The summed E-state index contributed by atoms with van der Waals surface area (Å²) in [7, 11) is 0. The van der Waals surface area contributed by atoms with Gasteiger partial charge < -0.3 is 14.9 Å². The largest absolute Gasteiger partial charge is 0.550 e. The summed E-state index contributed by atoms with van der Waals surface area (Å²) in [5.41, 5.74) is 1.70. The Bertz CT molecular complexity index is 900. The summed E-state index contributed by atoms with van der Waals surface area (Å²) >= 11 is 6.93. The first kappa shape index (κ1) is 14.7. The normalized spacial score (nSPS) is 11.0. The van der Waals surface area contributed by atoms with Crippen LogP contribution in [-0.2, 0) is 11.2 Å². The van der Waals surface area contributed by atoms with Crippen molar-refractivity contribution in [2.45, 2.75) is 13.3 Å². The van der Waals surface area contributed by atoms with Crippen LogP contribution in [0.2, 0.25) is 5.02 Å². The van der Waals surface area contributed by atoms with E-state index >= 15 is 0 Å². The smallest absolute Gasteiger partial charge is 0.222 e. The number of hydrogen-bond donors (Lipinski definition) is 1. The number of carboxylic acids is 1. The van der Waals surface area contributed by atoms with Crippen molar-refractivity contribution >= 4 is 45.8 Å². The van der Waals surface area contributed by atoms with Crippen LogP contribution in [0.1, 0.15) is 26.6 Å². The Kier molecular flexibility index (Phi) is 3.67. The van der Waals surface area contributed by atoms with Crippen molar-refractivity contribution in [2.75, 3.05) is 0 Å². The molecular weight excluding hydrogens is 326 g/mol. The summed E-state index contributed by atoms with van der Waals surface area (Å²) in [6.45, 7) is 1.68. The topological polar surface area (TPSA) is 98.8 Å². The van der Waals surface area contributed by atoms with Gasteiger partial charge in [0.1, 0.15) is 4.88 Å². The van der Waals surface area contributed by atoms with E-state index in [2.05, 4.69) is 14.6 Å². The third-order valence-corrected chi connectivity index (χ3v) is 4.34. The second-order valence-corrected chi connectivity index (χ2v) is 5.92. The molecule has 1 aromatic carbocycles. The molecule has 2 heterocycles. The minimum atomic E-state index is -1.27. The van der Waals surface area contributed by atoms with Crippen LogP contribution >= 0.6 is 23.1 Å². The predicted octanol–water partition coefficient (Wildman–Crippen LogP) is 1.50. The first-order valence-electron chi connectivity index (χ1n) is 6.31. The predicted molar refractivity (Wildman–Crippen MR) is 80.1 cm³/mol. The molecule has 0 saturated carbocycles. The van der Waals surface area contributed by atoms with Crippen LogP contribution in [-0.4, -0.2) is 26.3 Å². The molecule has 6 nitrogen and oxygen atoms in total. The standard InChI is InChI=1S/C14H10ClN3O3S/c1-6-14(22-18-17-6)13(21)12-9(5-11(19)20)8-4-7(15)2-3-10(8)16-12/h2-4,16H,5H2,1H3,(H,19,20)/p-1. The summed E-state index contributed by atoms with van der Waals surface area (Å²) in [4.78, 5) is 27.0. The Hall–Kier alpha value is -2.25. The number of benzene rings is 1. The summed E-state index contributed by atoms with van der Waals surface area (Å²) < 4.78 is 3.73. The van der Waals surface area contributed by atoms with Gasteiger partial charge in [-0.2, -0.15) is 0 Å². The zero-order valence-corrected chi connectivity index (χ0v) is 12.9. The number of halogens is 1. The molecule has 22 heavy (non-hydrogen) atoms. The number of rotatable bonds is 4. The second-order valence-electron chi connectivity index (χ2n) is 4.73. The van der Waals surface area contributed by atoms with Gasteiger partial charge in [0.25, 0.3) is 0 Å². The van der Waals surface area contributed by atoms with E-state index in [1.807, 2.05) is 0 Å². The summed E-state index contributed by atoms with van der Waals surface area (Å²) in [5.74, 6) is -1.61. The van der Waals surface area contributed by atoms with Gasteiger partial charge in [0.05, 0.1) is 11.4 Å². The molecule has 0 saturated heterocycles. The molecule has 0 spiro atoms. The molecule has 0 amide bonds. The lowest BCUT2D eigenvalue weighted by Crippen LogP contribution is -2.25. The van der Waals surface area contributed by atoms with Gasteiger partial charge in [-0.3, -0.25) is 4.79 Å². The van der Waals surface area contributed by atoms with Gasteiger partial charge in [0.2, 0.25) is 5.78 Å². The number of carbonyl (C=O) groups excluding carboxylic acids is 2. The number of nitrogens with one attached hydrogen (secondary N) is 1. The molecule has 0 aliphatic carbocycles. The van der Waals surface area contributed by atoms with Crippen LogP contribution in [0.4, 0.5) is 0 Å². The van der Waals surface area contributed by atoms with Crippen molar-refractivity contribution in [3.05, 3.63) is 45.1 Å². The summed E-state index contributed by atoms with van der Waals surface area (Å²) in [6.07, 6.45) is -0.382. The molecule has 3 aromatic rings. The summed E-state index contributed by atoms with van der Waals surface area (Å²) in [6, 6.07) is 4.99. The van der Waals surface area contributed by atoms with Crippen LogP contribution in [0.25, 0.3) is 10.9 Å². The molecular formula is C14H9ClN3O3S-. The average molecular weight is 335 g/mol. The van der Waals surface area contributed by atoms with Gasteiger partial charge in [-0.1, -0.05) is 16.1 Å². The van der Waals surface area contributed by atoms with E-state index in [4.69, 9.17) is 11.6 Å². The fourth-order valence-electron chi connectivity index (χ4n) is 2.29. The minimum Gasteiger partial charge on any atom is -0.550 e. The van der Waals surface area contributed by atoms with Gasteiger partial charge in [0.15, 0.2) is 0 Å². The van der Waals surface area contributed by atoms with Gasteiger partial charge in [0, 0.05) is 28.3 Å². The minimum absolute atomic E-state index is 0.204. The van der Waals surface area contributed by atoms with E-state index in [-0.39, 0.29) is 17.9 Å². The molecule has 0 unspecified atom stereocenters. The Balaban J connectivity index is 2.22. The molecule has 112 valence electrons. The van der Waals surface area contributed by atoms with Crippen LogP contribution in [0, 0.1) is 6.92 Å². The SMILES string of the molecule is Cc1nnsc1C(=O)c1[nH]c2ccc(Cl)cc2c1CC(=O)[O-]. The van der Waals surface area contributed by atoms with E-state index in [9.17, 15) is 14.7 Å². The number of nitrogens with zero attached hydrogens (tertiary/aromatic N) is 2. The van der Waals surface area contributed by atoms with Crippen molar-refractivity contribution in [1.82, 2.24) is 14.6 Å². The zero-order chi connectivity index (χ0) is 15.9. The van der Waals surface area contributed by atoms with Gasteiger partial charge in [-0.05, 0) is 42.2 Å². The highest BCUT2D eigenvalue weighted by Gasteiger charge is 2.22. The number of aromatic nitrogens is 3. The maximum Gasteiger partial charge on any atom is 0.222 e. The molecule has 3 rings (SSSR count). The van der Waals surface area contributed by atoms with Crippen molar-refractivity contribution in [3.63, 3.8) is 0 Å². The molecule has 0 aliphatic heterocycles. The fraction of sp³-hybridized carbons (Fsp3) is 0.143. The quantitative estimate of drug-likeness (QED) is 0.729. The average Bonchev–Trinajstić information content (AvgIpc) is 3.02. The van der Waals surface area contributed by atoms with E-state index in [1.54, 1.807) is 25.1 Å². The lowest BCUT2D eigenvalue weighted by molar-refractivity contribution is -0.304. The molecule has 0 radical (unpaired) electrons. The maximum atomic E-state index is 12.6. The number of carbonyl (C=O) groups is 2. The van der Waals surface area contributed by atoms with E-state index < -0.39 is 5.97 Å². The van der Waals surface area contributed by atoms with Gasteiger partial charge in [-0.15, -0.1) is 5.10 Å². The molecule has 1 N–H and O–H groups in total. The Morgan fingerprint density at radius 1 is 1.41 bits per heavy atom. The Labute approximate surface area is 133 Å². The first-order chi connectivity index (χ1) is 10.5. The van der Waals surface area contributed by atoms with Crippen LogP contribution in [0.3, 0.4) is 0 Å². The third-order valence-electron chi connectivity index (χ3n) is 3.27. The number of hydrogen-bond acceptors (Lipinski definition) is 6. The van der Waals surface area contributed by atoms with Gasteiger partial charge in [-0.25, -0.2) is 0 Å². The number of ketones is 1. The third kappa shape index (κ3) is 2.49. The lowest BCUT2D eigenvalue weighted by atomic mass is 10.0. The lowest BCUT2D eigenvalue weighted by Gasteiger charge is -2.04. The number of fused-ring (bicyclic) bond motifs is 1. The number of carboxylic acid groups (broad SMARTS) is 1. The van der Waals surface area contributed by atoms with Crippen LogP contribution in [0.5, 0.6) is 0 Å². The van der Waals surface area contributed by atoms with Crippen molar-refractivity contribution in [3.8, 4) is 0 Å². The Morgan fingerprint density at radius 2 is 2.18 bits per heavy atom. The fourth-order valence-corrected chi connectivity index (χ4v) is 3.07. The van der Waals surface area contributed by atoms with E-state index in [0.29, 0.717) is 32.1 Å². The summed E-state index contributed by atoms with van der Waals surface area (Å²) in [5, 5.41) is 15.9. The van der Waals surface area contributed by atoms with Crippen molar-refractivity contribution in [1.29, 1.82) is 0 Å². The number of aryl methyl sites for hydroxylation is 1. The second kappa shape index (κ2) is 5.51. The highest BCUT2D eigenvalue weighted by Crippen LogP contribution is 2.28. The monoisotopic (exact) mass is 334 g/mol. The van der Waals surface area contributed by atoms with Crippen molar-refractivity contribution in [2.24, 2.45) is 0 Å². The van der Waals surface area contributed by atoms with E-state index in [0.717, 1.165) is 11.5 Å². The highest BCUT2D eigenvalue weighted by atomic mass is 35.5. The molecule has 0 bridgehead atoms. The van der Waals surface area contributed by atoms with Crippen molar-refractivity contribution < 1.29 is 14.7 Å². The number of H-pyrrole nitrogens is 1. The Morgan fingerprint density at radius 3 is 2.82 bits per heavy atom. The molecule has 0 atom stereocenters. The highest BCUT2D eigenvalue weighted by molar-refractivity contribution is 7.08. The van der Waals surface area contributed by atoms with E-state index in [1.165, 1.54) is 0 Å². The number of aromatic amines is 1. The van der Waals surface area contributed by atoms with Gasteiger partial charge >= 0.3 is 0 Å². The number of aliphatic carboxylic acids is 1.